The van der Waals surface area contributed by atoms with Crippen molar-refractivity contribution in [1.29, 1.82) is 0 Å². The third-order valence-corrected chi connectivity index (χ3v) is 5.07. The standard InChI is InChI=1S/C22H27ClN6O4/c1-13(2)16-10-11-29(28-16)19-15(23)12-24-22(27-19)26-18(21(32-4)33-5)25-20(30)14-8-6-7-9-17(14)31-3/h6-13,18,21H,1-5H3,(H,25,30)(H,24,26,27). The number of benzene rings is 1. The molecule has 33 heavy (non-hydrogen) atoms. The number of nitrogens with zero attached hydrogens (tertiary/aromatic N) is 4. The molecule has 2 N–H and O–H groups in total. The Morgan fingerprint density at radius 2 is 1.85 bits per heavy atom. The number of para-hydroxylation sites is 1. The molecule has 3 aromatic rings. The average Bonchev–Trinajstić information content (AvgIpc) is 3.31. The summed E-state index contributed by atoms with van der Waals surface area (Å²) in [6.45, 7) is 4.10. The molecule has 176 valence electrons. The highest BCUT2D eigenvalue weighted by molar-refractivity contribution is 6.32. The lowest BCUT2D eigenvalue weighted by Crippen LogP contribution is -2.50. The molecule has 3 rings (SSSR count). The molecule has 1 aromatic carbocycles. The first-order valence-corrected chi connectivity index (χ1v) is 10.6. The van der Waals surface area contributed by atoms with Gasteiger partial charge in [-0.2, -0.15) is 10.1 Å². The molecule has 0 fully saturated rings. The van der Waals surface area contributed by atoms with Crippen molar-refractivity contribution in [2.75, 3.05) is 26.6 Å². The minimum Gasteiger partial charge on any atom is -0.496 e. The van der Waals surface area contributed by atoms with Crippen LogP contribution in [-0.4, -0.2) is 59.4 Å². The normalized spacial score (nSPS) is 12.1. The number of anilines is 1. The zero-order valence-corrected chi connectivity index (χ0v) is 19.8. The van der Waals surface area contributed by atoms with Crippen molar-refractivity contribution >= 4 is 23.5 Å². The Hall–Kier alpha value is -3.21. The third kappa shape index (κ3) is 5.78. The molecule has 1 amide bonds. The number of carbonyl (C=O) groups is 1. The van der Waals surface area contributed by atoms with Crippen LogP contribution in [0.5, 0.6) is 5.75 Å². The Balaban J connectivity index is 1.88. The predicted molar refractivity (Wildman–Crippen MR) is 124 cm³/mol. The van der Waals surface area contributed by atoms with Gasteiger partial charge in [0.1, 0.15) is 10.8 Å². The highest BCUT2D eigenvalue weighted by Gasteiger charge is 2.26. The number of rotatable bonds is 10. The van der Waals surface area contributed by atoms with E-state index in [2.05, 4.69) is 25.7 Å². The van der Waals surface area contributed by atoms with E-state index in [9.17, 15) is 4.79 Å². The van der Waals surface area contributed by atoms with Gasteiger partial charge in [-0.25, -0.2) is 9.67 Å². The first kappa shape index (κ1) is 24.4. The number of aromatic nitrogens is 4. The molecule has 0 bridgehead atoms. The van der Waals surface area contributed by atoms with E-state index in [1.54, 1.807) is 35.1 Å². The van der Waals surface area contributed by atoms with Gasteiger partial charge in [-0.1, -0.05) is 37.6 Å². The molecule has 0 saturated heterocycles. The van der Waals surface area contributed by atoms with Crippen molar-refractivity contribution in [3.05, 3.63) is 59.0 Å². The number of hydrogen-bond donors (Lipinski definition) is 2. The van der Waals surface area contributed by atoms with Crippen molar-refractivity contribution in [2.45, 2.75) is 32.2 Å². The van der Waals surface area contributed by atoms with Crippen LogP contribution in [0.1, 0.15) is 35.8 Å². The number of methoxy groups -OCH3 is 3. The van der Waals surface area contributed by atoms with Crippen LogP contribution in [0, 0.1) is 0 Å². The molecule has 0 radical (unpaired) electrons. The van der Waals surface area contributed by atoms with Crippen LogP contribution < -0.4 is 15.4 Å². The molecule has 0 aliphatic heterocycles. The summed E-state index contributed by atoms with van der Waals surface area (Å²) in [7, 11) is 4.42. The Bertz CT molecular complexity index is 1090. The summed E-state index contributed by atoms with van der Waals surface area (Å²) in [5.41, 5.74) is 1.26. The van der Waals surface area contributed by atoms with Crippen LogP contribution in [0.2, 0.25) is 5.02 Å². The number of halogens is 1. The zero-order valence-electron chi connectivity index (χ0n) is 19.1. The van der Waals surface area contributed by atoms with Gasteiger partial charge in [-0.05, 0) is 24.1 Å². The maximum Gasteiger partial charge on any atom is 0.256 e. The largest absolute Gasteiger partial charge is 0.496 e. The average molecular weight is 475 g/mol. The maximum atomic E-state index is 13.0. The van der Waals surface area contributed by atoms with Gasteiger partial charge in [0.2, 0.25) is 5.95 Å². The molecule has 2 aromatic heterocycles. The van der Waals surface area contributed by atoms with Gasteiger partial charge >= 0.3 is 0 Å². The van der Waals surface area contributed by atoms with Crippen LogP contribution in [0.25, 0.3) is 5.82 Å². The maximum absolute atomic E-state index is 13.0. The van der Waals surface area contributed by atoms with Crippen molar-refractivity contribution in [3.63, 3.8) is 0 Å². The molecule has 1 unspecified atom stereocenters. The smallest absolute Gasteiger partial charge is 0.256 e. The van der Waals surface area contributed by atoms with Gasteiger partial charge in [0.25, 0.3) is 5.91 Å². The lowest BCUT2D eigenvalue weighted by atomic mass is 10.1. The summed E-state index contributed by atoms with van der Waals surface area (Å²) >= 11 is 6.32. The van der Waals surface area contributed by atoms with Gasteiger partial charge in [0.15, 0.2) is 18.3 Å². The molecule has 0 aliphatic rings. The van der Waals surface area contributed by atoms with E-state index in [-0.39, 0.29) is 11.9 Å². The number of hydrogen-bond acceptors (Lipinski definition) is 8. The highest BCUT2D eigenvalue weighted by atomic mass is 35.5. The van der Waals surface area contributed by atoms with E-state index in [0.29, 0.717) is 22.2 Å². The molecule has 0 aliphatic carbocycles. The molecule has 1 atom stereocenters. The van der Waals surface area contributed by atoms with Gasteiger partial charge in [-0.3, -0.25) is 4.79 Å². The fourth-order valence-corrected chi connectivity index (χ4v) is 3.26. The summed E-state index contributed by atoms with van der Waals surface area (Å²) in [6, 6.07) is 8.78. The monoisotopic (exact) mass is 474 g/mol. The van der Waals surface area contributed by atoms with Crippen molar-refractivity contribution < 1.29 is 19.0 Å². The number of carbonyl (C=O) groups excluding carboxylic acids is 1. The van der Waals surface area contributed by atoms with E-state index >= 15 is 0 Å². The second-order valence-electron chi connectivity index (χ2n) is 7.34. The Labute approximate surface area is 197 Å². The van der Waals surface area contributed by atoms with E-state index in [1.807, 2.05) is 19.9 Å². The predicted octanol–water partition coefficient (Wildman–Crippen LogP) is 3.23. The number of ether oxygens (including phenoxy) is 3. The van der Waals surface area contributed by atoms with Gasteiger partial charge in [0.05, 0.1) is 24.6 Å². The second kappa shape index (κ2) is 11.1. The lowest BCUT2D eigenvalue weighted by Gasteiger charge is -2.27. The molecule has 2 heterocycles. The zero-order chi connectivity index (χ0) is 24.0. The molecular weight excluding hydrogens is 448 g/mol. The first-order valence-electron chi connectivity index (χ1n) is 10.2. The quantitative estimate of drug-likeness (QED) is 0.431. The van der Waals surface area contributed by atoms with Crippen molar-refractivity contribution in [3.8, 4) is 11.6 Å². The fraction of sp³-hybridized carbons (Fsp3) is 0.364. The van der Waals surface area contributed by atoms with Gasteiger partial charge < -0.3 is 24.8 Å². The van der Waals surface area contributed by atoms with Crippen LogP contribution in [0.15, 0.2) is 42.7 Å². The Morgan fingerprint density at radius 3 is 2.48 bits per heavy atom. The minimum atomic E-state index is -0.844. The van der Waals surface area contributed by atoms with E-state index in [0.717, 1.165) is 5.69 Å². The Kier molecular flexibility index (Phi) is 8.21. The van der Waals surface area contributed by atoms with E-state index in [4.69, 9.17) is 25.8 Å². The molecule has 0 spiro atoms. The topological polar surface area (TPSA) is 112 Å². The van der Waals surface area contributed by atoms with Gasteiger partial charge in [0, 0.05) is 20.4 Å². The van der Waals surface area contributed by atoms with E-state index < -0.39 is 18.4 Å². The molecule has 10 nitrogen and oxygen atoms in total. The summed E-state index contributed by atoms with van der Waals surface area (Å²) in [6.07, 6.45) is 1.55. The Morgan fingerprint density at radius 1 is 1.12 bits per heavy atom. The fourth-order valence-electron chi connectivity index (χ4n) is 3.08. The van der Waals surface area contributed by atoms with Crippen molar-refractivity contribution in [1.82, 2.24) is 25.1 Å². The van der Waals surface area contributed by atoms with Crippen LogP contribution in [0.4, 0.5) is 5.95 Å². The third-order valence-electron chi connectivity index (χ3n) is 4.80. The lowest BCUT2D eigenvalue weighted by molar-refractivity contribution is -0.115. The number of amides is 1. The van der Waals surface area contributed by atoms with Gasteiger partial charge in [-0.15, -0.1) is 0 Å². The first-order chi connectivity index (χ1) is 15.9. The van der Waals surface area contributed by atoms with Crippen LogP contribution >= 0.6 is 11.6 Å². The molecular formula is C22H27ClN6O4. The molecule has 0 saturated carbocycles. The van der Waals surface area contributed by atoms with Crippen LogP contribution in [-0.2, 0) is 9.47 Å². The highest BCUT2D eigenvalue weighted by Crippen LogP contribution is 2.21. The summed E-state index contributed by atoms with van der Waals surface area (Å²) < 4.78 is 17.6. The van der Waals surface area contributed by atoms with E-state index in [1.165, 1.54) is 27.5 Å². The molecule has 11 heteroatoms. The second-order valence-corrected chi connectivity index (χ2v) is 7.75. The summed E-state index contributed by atoms with van der Waals surface area (Å²) in [4.78, 5) is 21.7. The SMILES string of the molecule is COc1ccccc1C(=O)NC(Nc1ncc(Cl)c(-n2ccc(C(C)C)n2)n1)C(OC)OC. The summed E-state index contributed by atoms with van der Waals surface area (Å²) in [5, 5.41) is 10.7. The minimum absolute atomic E-state index is 0.195. The summed E-state index contributed by atoms with van der Waals surface area (Å²) in [5.74, 6) is 0.877. The number of nitrogens with one attached hydrogen (secondary N) is 2. The van der Waals surface area contributed by atoms with Crippen LogP contribution in [0.3, 0.4) is 0 Å². The van der Waals surface area contributed by atoms with Crippen molar-refractivity contribution in [2.24, 2.45) is 0 Å².